The number of nitrogens with zero attached hydrogens (tertiary/aromatic N) is 2. The minimum atomic E-state index is -0.779. The summed E-state index contributed by atoms with van der Waals surface area (Å²) < 4.78 is 12.2. The molecular weight excluding hydrogens is 374 g/mol. The highest BCUT2D eigenvalue weighted by Gasteiger charge is 2.36. The fourth-order valence-electron chi connectivity index (χ4n) is 3.03. The van der Waals surface area contributed by atoms with E-state index in [0.717, 1.165) is 16.3 Å². The maximum Gasteiger partial charge on any atom is 0.331 e. The van der Waals surface area contributed by atoms with Crippen LogP contribution in [0.1, 0.15) is 11.5 Å². The molecule has 1 saturated heterocycles. The molecule has 0 aliphatic carbocycles. The fourth-order valence-corrected chi connectivity index (χ4v) is 3.03. The number of barbiturate groups is 1. The highest BCUT2D eigenvalue weighted by atomic mass is 16.5. The van der Waals surface area contributed by atoms with Gasteiger partial charge in [0.1, 0.15) is 17.1 Å². The molecule has 0 spiro atoms. The van der Waals surface area contributed by atoms with Gasteiger partial charge in [0.2, 0.25) is 0 Å². The maximum absolute atomic E-state index is 12.8. The Bertz CT molecular complexity index is 1090. The van der Waals surface area contributed by atoms with Crippen molar-refractivity contribution in [2.75, 3.05) is 7.11 Å². The lowest BCUT2D eigenvalue weighted by Gasteiger charge is -2.25. The van der Waals surface area contributed by atoms with Gasteiger partial charge in [-0.05, 0) is 54.6 Å². The second-order valence-corrected chi connectivity index (χ2v) is 6.29. The number of ether oxygens (including phenoxy) is 1. The van der Waals surface area contributed by atoms with Gasteiger partial charge in [-0.25, -0.2) is 4.79 Å². The van der Waals surface area contributed by atoms with E-state index in [2.05, 4.69) is 5.32 Å². The minimum absolute atomic E-state index is 0.0677. The molecule has 1 aliphatic heterocycles. The monoisotopic (exact) mass is 391 g/mol. The van der Waals surface area contributed by atoms with Crippen LogP contribution in [0.4, 0.5) is 4.79 Å². The topological polar surface area (TPSA) is 93.8 Å². The zero-order valence-corrected chi connectivity index (χ0v) is 15.5. The van der Waals surface area contributed by atoms with Crippen LogP contribution in [0.2, 0.25) is 0 Å². The third kappa shape index (κ3) is 3.55. The van der Waals surface area contributed by atoms with Crippen molar-refractivity contribution in [2.24, 2.45) is 0 Å². The molecule has 29 heavy (non-hydrogen) atoms. The minimum Gasteiger partial charge on any atom is -0.497 e. The summed E-state index contributed by atoms with van der Waals surface area (Å²) in [6.45, 7) is -0.0677. The van der Waals surface area contributed by atoms with Crippen LogP contribution in [0.15, 0.2) is 71.0 Å². The van der Waals surface area contributed by atoms with E-state index >= 15 is 0 Å². The Morgan fingerprint density at radius 3 is 2.55 bits per heavy atom. The van der Waals surface area contributed by atoms with Crippen LogP contribution < -0.4 is 10.1 Å². The third-order valence-electron chi connectivity index (χ3n) is 4.50. The summed E-state index contributed by atoms with van der Waals surface area (Å²) in [4.78, 5) is 38.2. The lowest BCUT2D eigenvalue weighted by molar-refractivity contribution is -0.130. The Morgan fingerprint density at radius 1 is 1.07 bits per heavy atom. The second-order valence-electron chi connectivity index (χ2n) is 6.29. The molecule has 0 saturated carbocycles. The third-order valence-corrected chi connectivity index (χ3v) is 4.50. The summed E-state index contributed by atoms with van der Waals surface area (Å²) in [5.74, 6) is -0.269. The molecule has 1 N–H and O–H groups in total. The van der Waals surface area contributed by atoms with E-state index < -0.39 is 17.8 Å². The molecule has 1 aliphatic rings. The second kappa shape index (κ2) is 7.51. The van der Waals surface area contributed by atoms with E-state index in [0.29, 0.717) is 11.5 Å². The van der Waals surface area contributed by atoms with Crippen molar-refractivity contribution in [3.8, 4) is 11.4 Å². The number of hydrogen-bond acceptors (Lipinski definition) is 5. The summed E-state index contributed by atoms with van der Waals surface area (Å²) >= 11 is 0. The number of imide groups is 2. The summed E-state index contributed by atoms with van der Waals surface area (Å²) in [5, 5.41) is 2.20. The number of urea groups is 1. The van der Waals surface area contributed by atoms with Crippen molar-refractivity contribution in [3.05, 3.63) is 78.0 Å². The first kappa shape index (κ1) is 18.3. The number of benzene rings is 1. The molecule has 146 valence electrons. The molecule has 1 fully saturated rings. The molecule has 3 heterocycles. The largest absolute Gasteiger partial charge is 0.497 e. The molecule has 3 aromatic rings. The first-order valence-electron chi connectivity index (χ1n) is 8.80. The molecule has 4 rings (SSSR count). The van der Waals surface area contributed by atoms with Gasteiger partial charge < -0.3 is 13.7 Å². The quantitative estimate of drug-likeness (QED) is 0.533. The average Bonchev–Trinajstić information content (AvgIpc) is 3.40. The molecular formula is C21H17N3O5. The van der Waals surface area contributed by atoms with Gasteiger partial charge in [-0.3, -0.25) is 19.8 Å². The molecule has 8 nitrogen and oxygen atoms in total. The van der Waals surface area contributed by atoms with Gasteiger partial charge in [0.05, 0.1) is 19.9 Å². The fraction of sp³-hybridized carbons (Fsp3) is 0.0952. The van der Waals surface area contributed by atoms with Crippen molar-refractivity contribution in [2.45, 2.75) is 6.54 Å². The molecule has 1 aromatic carbocycles. The average molecular weight is 391 g/mol. The maximum atomic E-state index is 12.8. The lowest BCUT2D eigenvalue weighted by atomic mass is 10.1. The van der Waals surface area contributed by atoms with Gasteiger partial charge in [0, 0.05) is 17.6 Å². The first-order valence-corrected chi connectivity index (χ1v) is 8.80. The van der Waals surface area contributed by atoms with Gasteiger partial charge in [-0.15, -0.1) is 0 Å². The van der Waals surface area contributed by atoms with E-state index in [1.54, 1.807) is 31.4 Å². The first-order chi connectivity index (χ1) is 14.1. The Balaban J connectivity index is 1.66. The number of furan rings is 1. The molecule has 0 unspecified atom stereocenters. The van der Waals surface area contributed by atoms with Crippen LogP contribution in [0.3, 0.4) is 0 Å². The number of carbonyl (C=O) groups excluding carboxylic acids is 3. The van der Waals surface area contributed by atoms with Crippen LogP contribution in [0.5, 0.6) is 5.75 Å². The summed E-state index contributed by atoms with van der Waals surface area (Å²) in [6, 6.07) is 13.4. The van der Waals surface area contributed by atoms with E-state index in [9.17, 15) is 14.4 Å². The Morgan fingerprint density at radius 2 is 1.86 bits per heavy atom. The van der Waals surface area contributed by atoms with Crippen LogP contribution >= 0.6 is 0 Å². The predicted molar refractivity (Wildman–Crippen MR) is 103 cm³/mol. The number of nitrogens with one attached hydrogen (secondary N) is 1. The van der Waals surface area contributed by atoms with Crippen molar-refractivity contribution < 1.29 is 23.5 Å². The normalized spacial score (nSPS) is 15.7. The number of amides is 4. The van der Waals surface area contributed by atoms with Gasteiger partial charge in [-0.2, -0.15) is 0 Å². The number of aromatic nitrogens is 1. The van der Waals surface area contributed by atoms with E-state index in [1.165, 1.54) is 12.3 Å². The predicted octanol–water partition coefficient (Wildman–Crippen LogP) is 2.74. The van der Waals surface area contributed by atoms with Gasteiger partial charge in [0.15, 0.2) is 0 Å². The number of methoxy groups -OCH3 is 1. The molecule has 0 atom stereocenters. The molecule has 2 aromatic heterocycles. The van der Waals surface area contributed by atoms with Gasteiger partial charge in [-0.1, -0.05) is 0 Å². The zero-order chi connectivity index (χ0) is 20.4. The van der Waals surface area contributed by atoms with Crippen molar-refractivity contribution in [1.82, 2.24) is 14.8 Å². The van der Waals surface area contributed by atoms with Crippen molar-refractivity contribution in [1.29, 1.82) is 0 Å². The van der Waals surface area contributed by atoms with Crippen LogP contribution in [0.25, 0.3) is 11.8 Å². The number of carbonyl (C=O) groups is 3. The number of rotatable bonds is 5. The van der Waals surface area contributed by atoms with Crippen LogP contribution in [-0.2, 0) is 16.1 Å². The van der Waals surface area contributed by atoms with E-state index in [1.807, 2.05) is 35.0 Å². The van der Waals surface area contributed by atoms with Crippen molar-refractivity contribution in [3.63, 3.8) is 0 Å². The molecule has 0 radical (unpaired) electrons. The van der Waals surface area contributed by atoms with Crippen LogP contribution in [0, 0.1) is 0 Å². The van der Waals surface area contributed by atoms with Gasteiger partial charge >= 0.3 is 6.03 Å². The molecule has 0 bridgehead atoms. The molecule has 4 amide bonds. The summed E-state index contributed by atoms with van der Waals surface area (Å²) in [6.07, 6.45) is 4.72. The Hall–Kier alpha value is -4.07. The van der Waals surface area contributed by atoms with Crippen LogP contribution in [-0.4, -0.2) is 34.4 Å². The van der Waals surface area contributed by atoms with E-state index in [-0.39, 0.29) is 12.1 Å². The standard InChI is InChI=1S/C21H17N3O5/c1-28-16-8-6-14(7-9-16)23-10-2-4-15(23)12-18-19(25)22-21(27)24(20(18)26)13-17-5-3-11-29-17/h2-12H,13H2,1H3,(H,22,25,27). The number of hydrogen-bond donors (Lipinski definition) is 1. The lowest BCUT2D eigenvalue weighted by Crippen LogP contribution is -2.53. The molecule has 8 heteroatoms. The van der Waals surface area contributed by atoms with Crippen molar-refractivity contribution >= 4 is 23.9 Å². The summed E-state index contributed by atoms with van der Waals surface area (Å²) in [5.41, 5.74) is 1.31. The SMILES string of the molecule is COc1ccc(-n2cccc2C=C2C(=O)NC(=O)N(Cc3ccco3)C2=O)cc1. The Labute approximate surface area is 166 Å². The van der Waals surface area contributed by atoms with E-state index in [4.69, 9.17) is 9.15 Å². The highest BCUT2D eigenvalue weighted by molar-refractivity contribution is 6.30. The van der Waals surface area contributed by atoms with Gasteiger partial charge in [0.25, 0.3) is 11.8 Å². The Kier molecular flexibility index (Phi) is 4.74. The smallest absolute Gasteiger partial charge is 0.331 e. The highest BCUT2D eigenvalue weighted by Crippen LogP contribution is 2.21. The summed E-state index contributed by atoms with van der Waals surface area (Å²) in [7, 11) is 1.59. The zero-order valence-electron chi connectivity index (χ0n) is 15.5.